The van der Waals surface area contributed by atoms with Crippen LogP contribution in [0.1, 0.15) is 48.9 Å². The summed E-state index contributed by atoms with van der Waals surface area (Å²) in [5.74, 6) is 0.470. The Kier molecular flexibility index (Phi) is 4.98. The first-order valence-electron chi connectivity index (χ1n) is 9.92. The van der Waals surface area contributed by atoms with Gasteiger partial charge in [0.25, 0.3) is 5.91 Å². The van der Waals surface area contributed by atoms with Crippen LogP contribution in [0.25, 0.3) is 0 Å². The van der Waals surface area contributed by atoms with Crippen molar-refractivity contribution >= 4 is 11.8 Å². The van der Waals surface area contributed by atoms with E-state index in [1.165, 1.54) is 0 Å². The fraction of sp³-hybridized carbons (Fsp3) is 0.737. The number of hydrogen-bond donors (Lipinski definition) is 1. The number of hydrogen-bond acceptors (Lipinski definition) is 4. The van der Waals surface area contributed by atoms with Crippen molar-refractivity contribution in [1.82, 2.24) is 24.9 Å². The third kappa shape index (κ3) is 3.92. The molecule has 0 bridgehead atoms. The number of piperidine rings is 2. The summed E-state index contributed by atoms with van der Waals surface area (Å²) >= 11 is 0. The highest BCUT2D eigenvalue weighted by atomic mass is 16.2. The lowest BCUT2D eigenvalue weighted by atomic mass is 9.93. The molecule has 2 amide bonds. The van der Waals surface area contributed by atoms with Crippen LogP contribution in [0.5, 0.6) is 0 Å². The lowest BCUT2D eigenvalue weighted by molar-refractivity contribution is -0.127. The van der Waals surface area contributed by atoms with Crippen LogP contribution in [0.15, 0.2) is 12.4 Å². The van der Waals surface area contributed by atoms with Crippen molar-refractivity contribution in [3.63, 3.8) is 0 Å². The minimum atomic E-state index is 0.0804. The van der Waals surface area contributed by atoms with Crippen LogP contribution in [0.4, 0.5) is 0 Å². The SMILES string of the molecule is Cn1cc(C(=O)N2CCC(N3CCC[C@H](C(=O)NC4CC4)C3)CC2)cn1. The highest BCUT2D eigenvalue weighted by Crippen LogP contribution is 2.26. The maximum Gasteiger partial charge on any atom is 0.257 e. The van der Waals surface area contributed by atoms with Crippen molar-refractivity contribution in [2.45, 2.75) is 50.6 Å². The third-order valence-electron chi connectivity index (χ3n) is 5.97. The molecule has 0 radical (unpaired) electrons. The van der Waals surface area contributed by atoms with Gasteiger partial charge in [-0.15, -0.1) is 0 Å². The number of amides is 2. The first-order chi connectivity index (χ1) is 12.6. The van der Waals surface area contributed by atoms with Gasteiger partial charge < -0.3 is 10.2 Å². The summed E-state index contributed by atoms with van der Waals surface area (Å²) in [6, 6.07) is 0.934. The molecule has 0 spiro atoms. The van der Waals surface area contributed by atoms with E-state index in [1.54, 1.807) is 17.1 Å². The van der Waals surface area contributed by atoms with Crippen LogP contribution in [-0.2, 0) is 11.8 Å². The Hall–Kier alpha value is -1.89. The molecule has 7 nitrogen and oxygen atoms in total. The second-order valence-electron chi connectivity index (χ2n) is 8.04. The lowest BCUT2D eigenvalue weighted by Crippen LogP contribution is -2.51. The van der Waals surface area contributed by atoms with Gasteiger partial charge in [0.2, 0.25) is 5.91 Å². The molecule has 3 fully saturated rings. The van der Waals surface area contributed by atoms with Gasteiger partial charge in [-0.05, 0) is 45.1 Å². The number of likely N-dealkylation sites (tertiary alicyclic amines) is 2. The van der Waals surface area contributed by atoms with Gasteiger partial charge in [0.1, 0.15) is 0 Å². The van der Waals surface area contributed by atoms with Crippen LogP contribution in [0, 0.1) is 5.92 Å². The molecular weight excluding hydrogens is 330 g/mol. The fourth-order valence-corrected chi connectivity index (χ4v) is 4.25. The van der Waals surface area contributed by atoms with Gasteiger partial charge in [-0.1, -0.05) is 0 Å². The van der Waals surface area contributed by atoms with Crippen molar-refractivity contribution < 1.29 is 9.59 Å². The Morgan fingerprint density at radius 3 is 2.54 bits per heavy atom. The Morgan fingerprint density at radius 1 is 1.12 bits per heavy atom. The molecule has 0 unspecified atom stereocenters. The normalized spacial score (nSPS) is 25.3. The first-order valence-corrected chi connectivity index (χ1v) is 9.92. The van der Waals surface area contributed by atoms with Crippen molar-refractivity contribution in [3.05, 3.63) is 18.0 Å². The van der Waals surface area contributed by atoms with Crippen molar-refractivity contribution in [1.29, 1.82) is 0 Å². The highest BCUT2D eigenvalue weighted by Gasteiger charge is 2.34. The zero-order chi connectivity index (χ0) is 18.1. The molecule has 1 saturated carbocycles. The van der Waals surface area contributed by atoms with Gasteiger partial charge in [-0.25, -0.2) is 0 Å². The number of carbonyl (C=O) groups is 2. The lowest BCUT2D eigenvalue weighted by Gasteiger charge is -2.42. The van der Waals surface area contributed by atoms with Crippen LogP contribution in [0.2, 0.25) is 0 Å². The summed E-state index contributed by atoms with van der Waals surface area (Å²) in [6.07, 6.45) is 9.79. The topological polar surface area (TPSA) is 70.5 Å². The van der Waals surface area contributed by atoms with Gasteiger partial charge in [0.15, 0.2) is 0 Å². The molecular formula is C19H29N5O2. The minimum absolute atomic E-state index is 0.0804. The standard InChI is InChI=1S/C19H29N5O2/c1-22-12-15(11-20-22)19(26)23-9-6-17(7-10-23)24-8-2-3-14(13-24)18(25)21-16-4-5-16/h11-12,14,16-17H,2-10,13H2,1H3,(H,21,25)/t14-/m0/s1. The molecule has 1 aromatic rings. The Bertz CT molecular complexity index is 661. The third-order valence-corrected chi connectivity index (χ3v) is 5.97. The summed E-state index contributed by atoms with van der Waals surface area (Å²) in [4.78, 5) is 29.4. The average molecular weight is 359 g/mol. The van der Waals surface area contributed by atoms with Crippen LogP contribution in [0.3, 0.4) is 0 Å². The second kappa shape index (κ2) is 7.39. The van der Waals surface area contributed by atoms with E-state index in [9.17, 15) is 9.59 Å². The van der Waals surface area contributed by atoms with Gasteiger partial charge in [-0.3, -0.25) is 19.2 Å². The maximum absolute atomic E-state index is 12.6. The van der Waals surface area contributed by atoms with Gasteiger partial charge in [0, 0.05) is 45.0 Å². The van der Waals surface area contributed by atoms with Crippen molar-refractivity contribution in [3.8, 4) is 0 Å². The van der Waals surface area contributed by atoms with E-state index in [4.69, 9.17) is 0 Å². The molecule has 0 aromatic carbocycles. The summed E-state index contributed by atoms with van der Waals surface area (Å²) in [6.45, 7) is 3.52. The van der Waals surface area contributed by atoms with Gasteiger partial charge in [-0.2, -0.15) is 5.10 Å². The van der Waals surface area contributed by atoms with Crippen LogP contribution < -0.4 is 5.32 Å². The predicted molar refractivity (Wildman–Crippen MR) is 97.6 cm³/mol. The summed E-state index contributed by atoms with van der Waals surface area (Å²) in [7, 11) is 1.83. The van der Waals surface area contributed by atoms with E-state index < -0.39 is 0 Å². The monoisotopic (exact) mass is 359 g/mol. The quantitative estimate of drug-likeness (QED) is 0.871. The molecule has 3 heterocycles. The smallest absolute Gasteiger partial charge is 0.257 e. The number of aryl methyl sites for hydroxylation is 1. The molecule has 4 rings (SSSR count). The van der Waals surface area contributed by atoms with E-state index in [0.717, 1.165) is 64.7 Å². The fourth-order valence-electron chi connectivity index (χ4n) is 4.25. The van der Waals surface area contributed by atoms with Gasteiger partial charge in [0.05, 0.1) is 17.7 Å². The average Bonchev–Trinajstić information content (AvgIpc) is 3.38. The van der Waals surface area contributed by atoms with E-state index >= 15 is 0 Å². The minimum Gasteiger partial charge on any atom is -0.353 e. The Morgan fingerprint density at radius 2 is 1.88 bits per heavy atom. The molecule has 1 aliphatic carbocycles. The molecule has 2 saturated heterocycles. The number of aromatic nitrogens is 2. The molecule has 3 aliphatic rings. The van der Waals surface area contributed by atoms with E-state index in [2.05, 4.69) is 15.3 Å². The van der Waals surface area contributed by atoms with Crippen molar-refractivity contribution in [2.24, 2.45) is 13.0 Å². The zero-order valence-corrected chi connectivity index (χ0v) is 15.6. The van der Waals surface area contributed by atoms with Crippen LogP contribution in [-0.4, -0.2) is 69.7 Å². The predicted octanol–water partition coefficient (Wildman–Crippen LogP) is 1.02. The Balaban J connectivity index is 1.28. The largest absolute Gasteiger partial charge is 0.353 e. The molecule has 1 aromatic heterocycles. The zero-order valence-electron chi connectivity index (χ0n) is 15.6. The number of rotatable bonds is 4. The number of nitrogens with one attached hydrogen (secondary N) is 1. The highest BCUT2D eigenvalue weighted by molar-refractivity contribution is 5.93. The van der Waals surface area contributed by atoms with E-state index in [0.29, 0.717) is 17.6 Å². The molecule has 7 heteroatoms. The molecule has 142 valence electrons. The summed E-state index contributed by atoms with van der Waals surface area (Å²) < 4.78 is 1.67. The van der Waals surface area contributed by atoms with E-state index in [-0.39, 0.29) is 17.7 Å². The molecule has 26 heavy (non-hydrogen) atoms. The number of nitrogens with zero attached hydrogens (tertiary/aromatic N) is 4. The molecule has 1 atom stereocenters. The molecule has 1 N–H and O–H groups in total. The van der Waals surface area contributed by atoms with E-state index in [1.807, 2.05) is 11.9 Å². The Labute approximate surface area is 154 Å². The summed E-state index contributed by atoms with van der Waals surface area (Å²) in [5.41, 5.74) is 0.667. The molecule has 2 aliphatic heterocycles. The van der Waals surface area contributed by atoms with Gasteiger partial charge >= 0.3 is 0 Å². The first kappa shape index (κ1) is 17.5. The summed E-state index contributed by atoms with van der Waals surface area (Å²) in [5, 5.41) is 7.26. The maximum atomic E-state index is 12.6. The van der Waals surface area contributed by atoms with Crippen LogP contribution >= 0.6 is 0 Å². The number of carbonyl (C=O) groups excluding carboxylic acids is 2. The van der Waals surface area contributed by atoms with Crippen molar-refractivity contribution in [2.75, 3.05) is 26.2 Å². The second-order valence-corrected chi connectivity index (χ2v) is 8.04.